The molecule has 0 fully saturated rings. The lowest BCUT2D eigenvalue weighted by atomic mass is 9.91. The molecule has 0 aromatic rings. The predicted octanol–water partition coefficient (Wildman–Crippen LogP) is -0.322. The molecule has 0 aromatic carbocycles. The van der Waals surface area contributed by atoms with E-state index in [1.54, 1.807) is 6.08 Å². The molecule has 0 radical (unpaired) electrons. The van der Waals surface area contributed by atoms with E-state index < -0.39 is 5.66 Å². The molecule has 0 aromatic heterocycles. The zero-order valence-electron chi connectivity index (χ0n) is 6.00. The largest absolute Gasteiger partial charge is 0.324 e. The molecule has 62 valence electrons. The summed E-state index contributed by atoms with van der Waals surface area (Å²) in [6, 6.07) is -0.235. The van der Waals surface area contributed by atoms with Crippen LogP contribution in [0, 0.1) is 0 Å². The number of hydrogen-bond donors (Lipinski definition) is 3. The number of allylic oxidation sites excluding steroid dienone is 1. The molecular weight excluding hydrogens is 255 g/mol. The quantitative estimate of drug-likeness (QED) is 0.414. The minimum absolute atomic E-state index is 0.235. The molecule has 0 saturated heterocycles. The average Bonchev–Trinajstić information content (AvgIpc) is 1.95. The predicted molar refractivity (Wildman–Crippen MR) is 54.3 cm³/mol. The van der Waals surface area contributed by atoms with E-state index in [4.69, 9.17) is 17.2 Å². The van der Waals surface area contributed by atoms with Gasteiger partial charge in [0.2, 0.25) is 0 Å². The third-order valence-corrected chi connectivity index (χ3v) is 2.36. The number of rotatable bonds is 0. The van der Waals surface area contributed by atoms with Crippen LogP contribution in [0.3, 0.4) is 0 Å². The van der Waals surface area contributed by atoms with E-state index in [0.29, 0.717) is 6.42 Å². The number of halogens is 1. The Labute approximate surface area is 79.4 Å². The first-order valence-corrected chi connectivity index (χ1v) is 4.23. The maximum atomic E-state index is 5.69. The van der Waals surface area contributed by atoms with Crippen molar-refractivity contribution in [2.45, 2.75) is 18.1 Å². The average molecular weight is 266 g/mol. The summed E-state index contributed by atoms with van der Waals surface area (Å²) in [4.78, 5) is 0. The van der Waals surface area contributed by atoms with E-state index in [-0.39, 0.29) is 6.04 Å². The molecule has 0 saturated carbocycles. The lowest BCUT2D eigenvalue weighted by molar-refractivity contribution is 0.437. The van der Waals surface area contributed by atoms with Crippen LogP contribution >= 0.6 is 22.9 Å². The normalized spacial score (nSPS) is 32.7. The van der Waals surface area contributed by atoms with Crippen LogP contribution in [0.15, 0.2) is 15.4 Å². The second-order valence-corrected chi connectivity index (χ2v) is 3.20. The first-order valence-electron chi connectivity index (χ1n) is 3.26. The monoisotopic (exact) mass is 266 g/mol. The first-order chi connectivity index (χ1) is 5.06. The van der Waals surface area contributed by atoms with Gasteiger partial charge in [-0.05, 0) is 12.2 Å². The van der Waals surface area contributed by atoms with Gasteiger partial charge in [-0.2, -0.15) is 0 Å². The second kappa shape index (κ2) is 3.18. The van der Waals surface area contributed by atoms with Crippen molar-refractivity contribution in [2.24, 2.45) is 20.4 Å². The van der Waals surface area contributed by atoms with Crippen molar-refractivity contribution >= 4 is 28.6 Å². The summed E-state index contributed by atoms with van der Waals surface area (Å²) < 4.78 is 3.97. The molecule has 0 heterocycles. The van der Waals surface area contributed by atoms with Gasteiger partial charge in [-0.1, -0.05) is 0 Å². The van der Waals surface area contributed by atoms with Crippen LogP contribution < -0.4 is 17.2 Å². The summed E-state index contributed by atoms with van der Waals surface area (Å²) in [5.41, 5.74) is 17.1. The highest BCUT2D eigenvalue weighted by Crippen LogP contribution is 2.13. The molecule has 0 bridgehead atoms. The topological polar surface area (TPSA) is 90.4 Å². The molecule has 1 rings (SSSR count). The van der Waals surface area contributed by atoms with Crippen LogP contribution in [-0.2, 0) is 0 Å². The van der Waals surface area contributed by atoms with E-state index in [1.165, 1.54) is 0 Å². The van der Waals surface area contributed by atoms with Crippen LogP contribution in [0.4, 0.5) is 0 Å². The molecule has 4 nitrogen and oxygen atoms in total. The Morgan fingerprint density at radius 1 is 1.64 bits per heavy atom. The number of nitrogens with two attached hydrogens (primary N) is 3. The minimum atomic E-state index is -0.870. The van der Waals surface area contributed by atoms with E-state index in [1.807, 2.05) is 28.9 Å². The van der Waals surface area contributed by atoms with Gasteiger partial charge < -0.3 is 17.2 Å². The van der Waals surface area contributed by atoms with Gasteiger partial charge in [0, 0.05) is 18.2 Å². The Kier molecular flexibility index (Phi) is 2.63. The fourth-order valence-corrected chi connectivity index (χ4v) is 1.25. The maximum Gasteiger partial charge on any atom is 0.0991 e. The van der Waals surface area contributed by atoms with Crippen molar-refractivity contribution in [3.8, 4) is 0 Å². The molecule has 1 aliphatic rings. The first kappa shape index (κ1) is 9.11. The van der Waals surface area contributed by atoms with Gasteiger partial charge in [0.15, 0.2) is 0 Å². The Hall–Kier alpha value is 0.0200. The lowest BCUT2D eigenvalue weighted by Crippen LogP contribution is -2.62. The highest BCUT2D eigenvalue weighted by Gasteiger charge is 2.28. The van der Waals surface area contributed by atoms with Crippen molar-refractivity contribution in [2.75, 3.05) is 0 Å². The van der Waals surface area contributed by atoms with Crippen molar-refractivity contribution in [3.05, 3.63) is 12.2 Å². The van der Waals surface area contributed by atoms with Gasteiger partial charge in [0.05, 0.1) is 28.5 Å². The smallest absolute Gasteiger partial charge is 0.0991 e. The summed E-state index contributed by atoms with van der Waals surface area (Å²) in [6.07, 6.45) is 4.15. The Morgan fingerprint density at radius 2 is 2.27 bits per heavy atom. The van der Waals surface area contributed by atoms with Crippen molar-refractivity contribution in [1.29, 1.82) is 0 Å². The van der Waals surface area contributed by atoms with E-state index >= 15 is 0 Å². The van der Waals surface area contributed by atoms with Gasteiger partial charge in [0.1, 0.15) is 0 Å². The van der Waals surface area contributed by atoms with Crippen LogP contribution in [-0.4, -0.2) is 17.4 Å². The fraction of sp³-hybridized carbons (Fsp3) is 0.500. The molecule has 11 heavy (non-hydrogen) atoms. The molecule has 0 spiro atoms. The van der Waals surface area contributed by atoms with Crippen LogP contribution in [0.25, 0.3) is 0 Å². The summed E-state index contributed by atoms with van der Waals surface area (Å²) in [7, 11) is 0. The molecule has 5 heteroatoms. The third-order valence-electron chi connectivity index (χ3n) is 1.74. The lowest BCUT2D eigenvalue weighted by Gasteiger charge is -2.31. The van der Waals surface area contributed by atoms with Gasteiger partial charge >= 0.3 is 0 Å². The summed E-state index contributed by atoms with van der Waals surface area (Å²) in [5, 5.41) is 0. The third kappa shape index (κ3) is 1.98. The zero-order valence-corrected chi connectivity index (χ0v) is 8.15. The van der Waals surface area contributed by atoms with Crippen LogP contribution in [0.5, 0.6) is 0 Å². The molecular formula is C6H11IN4. The van der Waals surface area contributed by atoms with E-state index in [2.05, 4.69) is 3.21 Å². The summed E-state index contributed by atoms with van der Waals surface area (Å²) in [6.45, 7) is 0. The van der Waals surface area contributed by atoms with Gasteiger partial charge in [-0.15, -0.1) is 0 Å². The molecule has 0 amide bonds. The highest BCUT2D eigenvalue weighted by molar-refractivity contribution is 14.1. The minimum Gasteiger partial charge on any atom is -0.324 e. The Balaban J connectivity index is 2.83. The number of nitrogens with zero attached hydrogens (tertiary/aromatic N) is 1. The molecule has 1 aliphatic carbocycles. The zero-order chi connectivity index (χ0) is 8.48. The molecule has 1 unspecified atom stereocenters. The molecule has 1 atom stereocenters. The van der Waals surface area contributed by atoms with Crippen LogP contribution in [0.2, 0.25) is 0 Å². The molecule has 6 N–H and O–H groups in total. The van der Waals surface area contributed by atoms with E-state index in [9.17, 15) is 0 Å². The summed E-state index contributed by atoms with van der Waals surface area (Å²) in [5.74, 6) is 0. The maximum absolute atomic E-state index is 5.69. The van der Waals surface area contributed by atoms with Gasteiger partial charge in [-0.3, -0.25) is 0 Å². The Bertz CT molecular complexity index is 209. The van der Waals surface area contributed by atoms with Gasteiger partial charge in [0.25, 0.3) is 0 Å². The summed E-state index contributed by atoms with van der Waals surface area (Å²) >= 11 is 1.93. The number of hydrogen-bond acceptors (Lipinski definition) is 4. The van der Waals surface area contributed by atoms with Crippen molar-refractivity contribution in [1.82, 2.24) is 0 Å². The SMILES string of the molecule is NC1C/C(=N/I)C=CC1(N)N. The highest BCUT2D eigenvalue weighted by atomic mass is 127. The van der Waals surface area contributed by atoms with Crippen LogP contribution in [0.1, 0.15) is 6.42 Å². The standard InChI is InChI=1S/C6H11IN4/c7-11-4-1-2-6(9,10)5(8)3-4/h1-2,5H,3,8-10H2/b11-4+. The molecule has 0 aliphatic heterocycles. The fourth-order valence-electron chi connectivity index (χ4n) is 0.897. The second-order valence-electron chi connectivity index (χ2n) is 2.72. The van der Waals surface area contributed by atoms with E-state index in [0.717, 1.165) is 5.71 Å². The van der Waals surface area contributed by atoms with Crippen molar-refractivity contribution < 1.29 is 0 Å². The van der Waals surface area contributed by atoms with Gasteiger partial charge in [-0.25, -0.2) is 3.21 Å². The Morgan fingerprint density at radius 3 is 2.73 bits per heavy atom. The van der Waals surface area contributed by atoms with Crippen molar-refractivity contribution in [3.63, 3.8) is 0 Å².